The first kappa shape index (κ1) is 15.8. The third-order valence-corrected chi connectivity index (χ3v) is 4.18. The van der Waals surface area contributed by atoms with E-state index in [1.807, 2.05) is 0 Å². The molecule has 1 amide bonds. The quantitative estimate of drug-likeness (QED) is 0.789. The second-order valence-electron chi connectivity index (χ2n) is 5.75. The molecule has 1 saturated heterocycles. The van der Waals surface area contributed by atoms with Crippen molar-refractivity contribution in [1.82, 2.24) is 14.9 Å². The van der Waals surface area contributed by atoms with Gasteiger partial charge in [-0.2, -0.15) is 0 Å². The molecule has 3 aromatic rings. The molecule has 3 heterocycles. The van der Waals surface area contributed by atoms with Gasteiger partial charge in [0.15, 0.2) is 5.82 Å². The van der Waals surface area contributed by atoms with Crippen molar-refractivity contribution in [2.24, 2.45) is 0 Å². The first-order valence-electron chi connectivity index (χ1n) is 7.84. The van der Waals surface area contributed by atoms with E-state index in [1.54, 1.807) is 41.5 Å². The second-order valence-corrected chi connectivity index (χ2v) is 5.75. The minimum Gasteiger partial charge on any atom is -0.467 e. The number of benzene rings is 1. The van der Waals surface area contributed by atoms with Crippen LogP contribution in [-0.4, -0.2) is 40.5 Å². The monoisotopic (exact) mass is 347 g/mol. The lowest BCUT2D eigenvalue weighted by molar-refractivity contribution is -0.0320. The number of nitrogens with one attached hydrogen (secondary N) is 1. The van der Waals surface area contributed by atoms with Gasteiger partial charge in [0.25, 0.3) is 12.3 Å². The van der Waals surface area contributed by atoms with Crippen molar-refractivity contribution in [1.29, 1.82) is 0 Å². The van der Waals surface area contributed by atoms with Crippen molar-refractivity contribution in [3.05, 3.63) is 53.7 Å². The minimum absolute atomic E-state index is 0.254. The van der Waals surface area contributed by atoms with E-state index in [0.717, 1.165) is 0 Å². The largest absolute Gasteiger partial charge is 0.467 e. The number of fused-ring (bicyclic) bond motifs is 1. The maximum atomic E-state index is 12.9. The molecular weight excluding hydrogens is 332 g/mol. The Labute approximate surface area is 141 Å². The third kappa shape index (κ3) is 2.89. The number of carbonyl (C=O) groups excluding carboxylic acids is 1. The van der Waals surface area contributed by atoms with Crippen LogP contribution >= 0.6 is 0 Å². The fraction of sp³-hybridized carbons (Fsp3) is 0.294. The predicted octanol–water partition coefficient (Wildman–Crippen LogP) is 3.31. The van der Waals surface area contributed by atoms with Crippen LogP contribution in [0, 0.1) is 0 Å². The summed E-state index contributed by atoms with van der Waals surface area (Å²) in [6.07, 6.45) is -1.51. The number of carbonyl (C=O) groups is 1. The standard InChI is InChI=1S/C17H15F2N3O3/c18-15(19)16-20-11-4-1-3-10(14(11)21-16)17(23)22-6-8-25-13(9-22)12-5-2-7-24-12/h1-5,7,13,15H,6,8-9H2,(H,20,21). The Hall–Kier alpha value is -2.74. The number of aromatic amines is 1. The normalized spacial score (nSPS) is 18.2. The number of ether oxygens (including phenoxy) is 1. The molecule has 0 radical (unpaired) electrons. The maximum Gasteiger partial charge on any atom is 0.295 e. The molecule has 1 unspecified atom stereocenters. The van der Waals surface area contributed by atoms with Crippen LogP contribution in [0.5, 0.6) is 0 Å². The fourth-order valence-electron chi connectivity index (χ4n) is 2.98. The van der Waals surface area contributed by atoms with Crippen molar-refractivity contribution in [2.45, 2.75) is 12.5 Å². The summed E-state index contributed by atoms with van der Waals surface area (Å²) in [6.45, 7) is 1.11. The van der Waals surface area contributed by atoms with E-state index in [2.05, 4.69) is 9.97 Å². The number of hydrogen-bond donors (Lipinski definition) is 1. The molecule has 8 heteroatoms. The van der Waals surface area contributed by atoms with Gasteiger partial charge in [-0.05, 0) is 24.3 Å². The summed E-state index contributed by atoms with van der Waals surface area (Å²) in [5.41, 5.74) is 0.960. The summed E-state index contributed by atoms with van der Waals surface area (Å²) in [4.78, 5) is 21.0. The summed E-state index contributed by atoms with van der Waals surface area (Å²) in [5, 5.41) is 0. The molecule has 130 valence electrons. The highest BCUT2D eigenvalue weighted by atomic mass is 19.3. The lowest BCUT2D eigenvalue weighted by atomic mass is 10.1. The third-order valence-electron chi connectivity index (χ3n) is 4.18. The van der Waals surface area contributed by atoms with E-state index in [9.17, 15) is 13.6 Å². The summed E-state index contributed by atoms with van der Waals surface area (Å²) < 4.78 is 36.8. The van der Waals surface area contributed by atoms with Crippen molar-refractivity contribution >= 4 is 16.9 Å². The minimum atomic E-state index is -2.72. The van der Waals surface area contributed by atoms with Gasteiger partial charge in [-0.15, -0.1) is 0 Å². The highest BCUT2D eigenvalue weighted by Crippen LogP contribution is 2.26. The van der Waals surface area contributed by atoms with Gasteiger partial charge in [0, 0.05) is 6.54 Å². The molecule has 1 atom stereocenters. The van der Waals surface area contributed by atoms with E-state index < -0.39 is 12.2 Å². The van der Waals surface area contributed by atoms with E-state index in [0.29, 0.717) is 36.5 Å². The van der Waals surface area contributed by atoms with Gasteiger partial charge in [0.1, 0.15) is 17.4 Å². The molecule has 25 heavy (non-hydrogen) atoms. The van der Waals surface area contributed by atoms with Crippen LogP contribution in [-0.2, 0) is 4.74 Å². The average molecular weight is 347 g/mol. The van der Waals surface area contributed by atoms with Crippen LogP contribution in [0.2, 0.25) is 0 Å². The van der Waals surface area contributed by atoms with Gasteiger partial charge in [0.05, 0.1) is 30.5 Å². The summed E-state index contributed by atoms with van der Waals surface area (Å²) >= 11 is 0. The van der Waals surface area contributed by atoms with E-state index in [4.69, 9.17) is 9.15 Å². The summed E-state index contributed by atoms with van der Waals surface area (Å²) in [6, 6.07) is 8.42. The zero-order valence-corrected chi connectivity index (χ0v) is 13.1. The van der Waals surface area contributed by atoms with Gasteiger partial charge >= 0.3 is 0 Å². The number of morpholine rings is 1. The highest BCUT2D eigenvalue weighted by Gasteiger charge is 2.29. The van der Waals surface area contributed by atoms with Gasteiger partial charge in [-0.25, -0.2) is 13.8 Å². The maximum absolute atomic E-state index is 12.9. The second kappa shape index (κ2) is 6.29. The smallest absolute Gasteiger partial charge is 0.295 e. The Bertz CT molecular complexity index is 892. The van der Waals surface area contributed by atoms with Crippen molar-refractivity contribution in [3.8, 4) is 0 Å². The number of H-pyrrole nitrogens is 1. The number of imidazole rings is 1. The van der Waals surface area contributed by atoms with Crippen LogP contribution in [0.3, 0.4) is 0 Å². The van der Waals surface area contributed by atoms with Crippen LogP contribution in [0.4, 0.5) is 8.78 Å². The molecule has 1 aromatic carbocycles. The van der Waals surface area contributed by atoms with Crippen molar-refractivity contribution in [2.75, 3.05) is 19.7 Å². The Morgan fingerprint density at radius 2 is 2.20 bits per heavy atom. The zero-order chi connectivity index (χ0) is 17.4. The molecule has 0 saturated carbocycles. The number of aromatic nitrogens is 2. The SMILES string of the molecule is O=C(c1cccc2[nH]c(C(F)F)nc12)N1CCOC(c2ccco2)C1. The number of furan rings is 1. The van der Waals surface area contributed by atoms with Gasteiger partial charge in [-0.3, -0.25) is 4.79 Å². The predicted molar refractivity (Wildman–Crippen MR) is 84.4 cm³/mol. The molecule has 1 aliphatic heterocycles. The molecule has 4 rings (SSSR count). The van der Waals surface area contributed by atoms with E-state index in [1.165, 1.54) is 0 Å². The van der Waals surface area contributed by atoms with Crippen LogP contribution in [0.25, 0.3) is 11.0 Å². The molecular formula is C17H15F2N3O3. The Kier molecular flexibility index (Phi) is 3.96. The van der Waals surface area contributed by atoms with Crippen LogP contribution < -0.4 is 0 Å². The molecule has 6 nitrogen and oxygen atoms in total. The molecule has 1 aliphatic rings. The number of nitrogens with zero attached hydrogens (tertiary/aromatic N) is 2. The van der Waals surface area contributed by atoms with Crippen LogP contribution in [0.1, 0.15) is 34.5 Å². The first-order chi connectivity index (χ1) is 12.1. The van der Waals surface area contributed by atoms with Gasteiger partial charge < -0.3 is 19.0 Å². The van der Waals surface area contributed by atoms with Gasteiger partial charge in [0.2, 0.25) is 0 Å². The average Bonchev–Trinajstić information content (AvgIpc) is 3.30. The Morgan fingerprint density at radius 3 is 2.96 bits per heavy atom. The summed E-state index contributed by atoms with van der Waals surface area (Å²) in [5.74, 6) is -0.0565. The number of rotatable bonds is 3. The van der Waals surface area contributed by atoms with Crippen molar-refractivity contribution < 1.29 is 22.7 Å². The zero-order valence-electron chi connectivity index (χ0n) is 13.1. The van der Waals surface area contributed by atoms with E-state index >= 15 is 0 Å². The Balaban J connectivity index is 1.63. The number of para-hydroxylation sites is 1. The van der Waals surface area contributed by atoms with Crippen molar-refractivity contribution in [3.63, 3.8) is 0 Å². The lowest BCUT2D eigenvalue weighted by Crippen LogP contribution is -2.42. The molecule has 2 aromatic heterocycles. The molecule has 1 N–H and O–H groups in total. The molecule has 0 spiro atoms. The number of alkyl halides is 2. The number of hydrogen-bond acceptors (Lipinski definition) is 4. The van der Waals surface area contributed by atoms with Gasteiger partial charge in [-0.1, -0.05) is 6.07 Å². The topological polar surface area (TPSA) is 71.4 Å². The fourth-order valence-corrected chi connectivity index (χ4v) is 2.98. The number of amides is 1. The Morgan fingerprint density at radius 1 is 1.32 bits per heavy atom. The van der Waals surface area contributed by atoms with Crippen LogP contribution in [0.15, 0.2) is 41.0 Å². The molecule has 0 aliphatic carbocycles. The molecule has 1 fully saturated rings. The summed E-state index contributed by atoms with van der Waals surface area (Å²) in [7, 11) is 0. The highest BCUT2D eigenvalue weighted by molar-refractivity contribution is 6.04. The van der Waals surface area contributed by atoms with E-state index in [-0.39, 0.29) is 17.5 Å². The lowest BCUT2D eigenvalue weighted by Gasteiger charge is -2.32. The molecule has 0 bridgehead atoms. The number of halogens is 2. The first-order valence-corrected chi connectivity index (χ1v) is 7.84.